The molecule has 14 heavy (non-hydrogen) atoms. The van der Waals surface area contributed by atoms with E-state index >= 15 is 0 Å². The minimum absolute atomic E-state index is 0. The monoisotopic (exact) mass is 276 g/mol. The standard InChI is InChI=1S/C12H16N.Ru/c1-10-4-6-11(7-5-10)12(13)8-2-3-9-12;/h4-7,13H,2-3,8-9H2,1H3;/q-1;+1. The number of hydrogen-bond donors (Lipinski definition) is 0. The summed E-state index contributed by atoms with van der Waals surface area (Å²) in [7, 11) is 0. The van der Waals surface area contributed by atoms with Gasteiger partial charge in [0, 0.05) is 0 Å². The van der Waals surface area contributed by atoms with Gasteiger partial charge in [-0.05, 0) is 6.92 Å². The molecular weight excluding hydrogens is 259 g/mol. The molecule has 1 aromatic carbocycles. The summed E-state index contributed by atoms with van der Waals surface area (Å²) >= 11 is 0. The molecule has 0 spiro atoms. The van der Waals surface area contributed by atoms with Gasteiger partial charge in [0.25, 0.3) is 0 Å². The van der Waals surface area contributed by atoms with E-state index in [0.29, 0.717) is 0 Å². The fourth-order valence-electron chi connectivity index (χ4n) is 2.14. The van der Waals surface area contributed by atoms with Gasteiger partial charge in [-0.1, -0.05) is 66.6 Å². The van der Waals surface area contributed by atoms with Crippen molar-refractivity contribution in [3.63, 3.8) is 0 Å². The topological polar surface area (TPSA) is 23.8 Å². The van der Waals surface area contributed by atoms with Crippen LogP contribution >= 0.6 is 0 Å². The van der Waals surface area contributed by atoms with Gasteiger partial charge in [0.1, 0.15) is 0 Å². The van der Waals surface area contributed by atoms with Crippen LogP contribution in [0.3, 0.4) is 0 Å². The van der Waals surface area contributed by atoms with E-state index in [0.717, 1.165) is 12.8 Å². The molecule has 2 rings (SSSR count). The van der Waals surface area contributed by atoms with Crippen LogP contribution in [0.2, 0.25) is 0 Å². The zero-order valence-electron chi connectivity index (χ0n) is 8.49. The molecule has 1 radical (unpaired) electrons. The molecule has 77 valence electrons. The molecule has 1 saturated carbocycles. The molecule has 0 saturated heterocycles. The largest absolute Gasteiger partial charge is 1.00 e. The minimum atomic E-state index is -0.270. The van der Waals surface area contributed by atoms with Gasteiger partial charge in [-0.25, -0.2) is 0 Å². The van der Waals surface area contributed by atoms with Crippen molar-refractivity contribution < 1.29 is 19.5 Å². The Bertz CT molecular complexity index is 286. The van der Waals surface area contributed by atoms with E-state index in [1.807, 2.05) is 0 Å². The van der Waals surface area contributed by atoms with E-state index < -0.39 is 0 Å². The molecule has 0 aliphatic heterocycles. The number of hydrogen-bond acceptors (Lipinski definition) is 0. The quantitative estimate of drug-likeness (QED) is 0.696. The molecule has 1 nitrogen and oxygen atoms in total. The molecule has 1 fully saturated rings. The van der Waals surface area contributed by atoms with Gasteiger partial charge in [0.05, 0.1) is 0 Å². The van der Waals surface area contributed by atoms with Gasteiger partial charge in [0.15, 0.2) is 0 Å². The van der Waals surface area contributed by atoms with E-state index in [1.165, 1.54) is 24.0 Å². The van der Waals surface area contributed by atoms with Crippen LogP contribution in [-0.2, 0) is 25.0 Å². The normalized spacial score (nSPS) is 19.0. The molecule has 0 bridgehead atoms. The van der Waals surface area contributed by atoms with Crippen molar-refractivity contribution >= 4 is 0 Å². The van der Waals surface area contributed by atoms with E-state index in [2.05, 4.69) is 31.2 Å². The second kappa shape index (κ2) is 4.55. The Balaban J connectivity index is 0.000000980. The molecule has 1 aromatic rings. The second-order valence-electron chi connectivity index (χ2n) is 4.16. The average molecular weight is 275 g/mol. The maximum absolute atomic E-state index is 8.29. The summed E-state index contributed by atoms with van der Waals surface area (Å²) in [5.41, 5.74) is 10.5. The van der Waals surface area contributed by atoms with Crippen molar-refractivity contribution in [3.8, 4) is 0 Å². The third-order valence-electron chi connectivity index (χ3n) is 3.06. The first-order valence-electron chi connectivity index (χ1n) is 5.03. The van der Waals surface area contributed by atoms with Gasteiger partial charge in [-0.2, -0.15) is 0 Å². The average Bonchev–Trinajstić information content (AvgIpc) is 2.54. The van der Waals surface area contributed by atoms with Crippen LogP contribution in [0.1, 0.15) is 36.8 Å². The molecule has 0 atom stereocenters. The van der Waals surface area contributed by atoms with Crippen LogP contribution in [0.5, 0.6) is 0 Å². The van der Waals surface area contributed by atoms with Gasteiger partial charge >= 0.3 is 19.5 Å². The molecule has 0 aromatic heterocycles. The van der Waals surface area contributed by atoms with Crippen LogP contribution in [0, 0.1) is 6.92 Å². The predicted molar refractivity (Wildman–Crippen MR) is 55.6 cm³/mol. The Morgan fingerprint density at radius 2 is 1.57 bits per heavy atom. The molecule has 1 aliphatic carbocycles. The van der Waals surface area contributed by atoms with Crippen molar-refractivity contribution in [1.29, 1.82) is 0 Å². The van der Waals surface area contributed by atoms with Crippen LogP contribution in [-0.4, -0.2) is 0 Å². The summed E-state index contributed by atoms with van der Waals surface area (Å²) < 4.78 is 0. The van der Waals surface area contributed by atoms with Crippen molar-refractivity contribution in [1.82, 2.24) is 0 Å². The Labute approximate surface area is 98.8 Å². The zero-order valence-corrected chi connectivity index (χ0v) is 10.2. The van der Waals surface area contributed by atoms with Crippen molar-refractivity contribution in [3.05, 3.63) is 41.1 Å². The predicted octanol–water partition coefficient (Wildman–Crippen LogP) is 3.81. The van der Waals surface area contributed by atoms with Crippen molar-refractivity contribution in [2.45, 2.75) is 38.1 Å². The number of rotatable bonds is 1. The maximum Gasteiger partial charge on any atom is 1.00 e. The van der Waals surface area contributed by atoms with Gasteiger partial charge in [-0.15, -0.1) is 0 Å². The van der Waals surface area contributed by atoms with Crippen LogP contribution in [0.15, 0.2) is 24.3 Å². The van der Waals surface area contributed by atoms with E-state index in [1.54, 1.807) is 0 Å². The Morgan fingerprint density at radius 3 is 2.07 bits per heavy atom. The first-order chi connectivity index (χ1) is 6.21. The van der Waals surface area contributed by atoms with Crippen molar-refractivity contribution in [2.24, 2.45) is 0 Å². The second-order valence-corrected chi connectivity index (χ2v) is 4.16. The third-order valence-corrected chi connectivity index (χ3v) is 3.06. The maximum atomic E-state index is 8.29. The number of aryl methyl sites for hydroxylation is 1. The molecule has 0 heterocycles. The number of nitrogens with one attached hydrogen (secondary N) is 1. The summed E-state index contributed by atoms with van der Waals surface area (Å²) in [4.78, 5) is 0. The molecule has 2 heteroatoms. The molecule has 0 unspecified atom stereocenters. The SMILES string of the molecule is Cc1ccc(C2([NH-])CCCC2)cc1.[Ru+]. The van der Waals surface area contributed by atoms with Gasteiger partial charge in [0.2, 0.25) is 0 Å². The molecular formula is C12H16NRu. The summed E-state index contributed by atoms with van der Waals surface area (Å²) in [6, 6.07) is 8.47. The summed E-state index contributed by atoms with van der Waals surface area (Å²) in [5, 5.41) is 0. The van der Waals surface area contributed by atoms with Crippen molar-refractivity contribution in [2.75, 3.05) is 0 Å². The first-order valence-corrected chi connectivity index (χ1v) is 5.03. The third kappa shape index (κ3) is 2.24. The van der Waals surface area contributed by atoms with Crippen LogP contribution in [0.25, 0.3) is 5.73 Å². The smallest absolute Gasteiger partial charge is 0.668 e. The molecule has 1 N–H and O–H groups in total. The Morgan fingerprint density at radius 1 is 1.07 bits per heavy atom. The van der Waals surface area contributed by atoms with E-state index in [9.17, 15) is 0 Å². The fraction of sp³-hybridized carbons (Fsp3) is 0.500. The van der Waals surface area contributed by atoms with Gasteiger partial charge in [-0.3, -0.25) is 0 Å². The fourth-order valence-corrected chi connectivity index (χ4v) is 2.14. The van der Waals surface area contributed by atoms with E-state index in [4.69, 9.17) is 5.73 Å². The van der Waals surface area contributed by atoms with Crippen LogP contribution < -0.4 is 0 Å². The Hall–Kier alpha value is -0.197. The van der Waals surface area contributed by atoms with Crippen LogP contribution in [0.4, 0.5) is 0 Å². The van der Waals surface area contributed by atoms with Gasteiger partial charge < -0.3 is 5.73 Å². The van der Waals surface area contributed by atoms with E-state index in [-0.39, 0.29) is 25.0 Å². The number of benzene rings is 1. The zero-order chi connectivity index (χ0) is 9.31. The summed E-state index contributed by atoms with van der Waals surface area (Å²) in [5.74, 6) is 0. The minimum Gasteiger partial charge on any atom is -0.668 e. The molecule has 1 aliphatic rings. The molecule has 0 amide bonds. The summed E-state index contributed by atoms with van der Waals surface area (Å²) in [6.07, 6.45) is 4.51. The Kier molecular flexibility index (Phi) is 3.86. The summed E-state index contributed by atoms with van der Waals surface area (Å²) in [6.45, 7) is 2.09. The first kappa shape index (κ1) is 11.9.